The average molecular weight is 193 g/mol. The highest BCUT2D eigenvalue weighted by Gasteiger charge is 2.42. The van der Waals surface area contributed by atoms with Crippen LogP contribution in [0.4, 0.5) is 0 Å². The summed E-state index contributed by atoms with van der Waals surface area (Å²) in [4.78, 5) is 0. The van der Waals surface area contributed by atoms with Crippen molar-refractivity contribution in [2.75, 3.05) is 13.2 Å². The monoisotopic (exact) mass is 193 g/mol. The minimum atomic E-state index is -0.0621. The van der Waals surface area contributed by atoms with E-state index in [2.05, 4.69) is 13.0 Å². The zero-order valence-corrected chi connectivity index (χ0v) is 9.01. The van der Waals surface area contributed by atoms with Crippen LogP contribution in [0.25, 0.3) is 0 Å². The van der Waals surface area contributed by atoms with E-state index in [-0.39, 0.29) is 5.41 Å². The molecule has 0 amide bonds. The summed E-state index contributed by atoms with van der Waals surface area (Å²) < 4.78 is 5.34. The van der Waals surface area contributed by atoms with Gasteiger partial charge in [-0.05, 0) is 37.5 Å². The highest BCUT2D eigenvalue weighted by atomic mass is 16.5. The number of rotatable bonds is 2. The maximum atomic E-state index is 9.32. The van der Waals surface area contributed by atoms with Crippen molar-refractivity contribution in [1.82, 2.24) is 0 Å². The van der Waals surface area contributed by atoms with Gasteiger partial charge in [-0.25, -0.2) is 0 Å². The Balaban J connectivity index is 2.01. The second kappa shape index (κ2) is 3.55. The fraction of sp³-hybridized carbons (Fsp3) is 0.917. The topological polar surface area (TPSA) is 33.0 Å². The van der Waals surface area contributed by atoms with E-state index in [0.717, 1.165) is 32.5 Å². The minimum Gasteiger partial charge on any atom is -0.381 e. The summed E-state index contributed by atoms with van der Waals surface area (Å²) in [6.07, 6.45) is 6.97. The van der Waals surface area contributed by atoms with Crippen molar-refractivity contribution in [3.05, 3.63) is 0 Å². The fourth-order valence-corrected chi connectivity index (χ4v) is 2.86. The van der Waals surface area contributed by atoms with Crippen LogP contribution >= 0.6 is 0 Å². The standard InChI is InChI=1S/C12H19NO/c1-11(3-2-4-11)9-12(10-13)5-7-14-8-6-12/h2-9H2,1H3. The number of hydrogen-bond donors (Lipinski definition) is 0. The van der Waals surface area contributed by atoms with Crippen LogP contribution in [0, 0.1) is 22.2 Å². The lowest BCUT2D eigenvalue weighted by Gasteiger charge is -2.45. The quantitative estimate of drug-likeness (QED) is 0.675. The van der Waals surface area contributed by atoms with Gasteiger partial charge >= 0.3 is 0 Å². The Kier molecular flexibility index (Phi) is 2.53. The molecule has 1 saturated carbocycles. The Labute approximate surface area is 86.2 Å². The first kappa shape index (κ1) is 9.98. The molecule has 0 bridgehead atoms. The van der Waals surface area contributed by atoms with Gasteiger partial charge in [0.25, 0.3) is 0 Å². The lowest BCUT2D eigenvalue weighted by Crippen LogP contribution is -2.37. The van der Waals surface area contributed by atoms with Crippen LogP contribution < -0.4 is 0 Å². The molecule has 0 aromatic carbocycles. The van der Waals surface area contributed by atoms with Gasteiger partial charge in [-0.15, -0.1) is 0 Å². The second-order valence-corrected chi connectivity index (χ2v) is 5.35. The zero-order valence-electron chi connectivity index (χ0n) is 9.01. The third-order valence-corrected chi connectivity index (χ3v) is 4.01. The summed E-state index contributed by atoms with van der Waals surface area (Å²) in [7, 11) is 0. The molecular formula is C12H19NO. The largest absolute Gasteiger partial charge is 0.381 e. The highest BCUT2D eigenvalue weighted by molar-refractivity contribution is 5.04. The van der Waals surface area contributed by atoms with Crippen LogP contribution in [0.2, 0.25) is 0 Å². The molecule has 1 aliphatic carbocycles. The summed E-state index contributed by atoms with van der Waals surface area (Å²) in [5.41, 5.74) is 0.403. The predicted molar refractivity (Wildman–Crippen MR) is 54.7 cm³/mol. The molecular weight excluding hydrogens is 174 g/mol. The van der Waals surface area contributed by atoms with Crippen molar-refractivity contribution in [2.24, 2.45) is 10.8 Å². The first-order valence-corrected chi connectivity index (χ1v) is 5.67. The molecule has 78 valence electrons. The molecule has 2 heteroatoms. The summed E-state index contributed by atoms with van der Waals surface area (Å²) in [5.74, 6) is 0. The lowest BCUT2D eigenvalue weighted by molar-refractivity contribution is 0.000207. The first-order valence-electron chi connectivity index (χ1n) is 5.67. The van der Waals surface area contributed by atoms with Crippen molar-refractivity contribution < 1.29 is 4.74 Å². The molecule has 2 fully saturated rings. The van der Waals surface area contributed by atoms with E-state index in [1.807, 2.05) is 0 Å². The van der Waals surface area contributed by atoms with Crippen molar-refractivity contribution in [3.8, 4) is 6.07 Å². The third-order valence-electron chi connectivity index (χ3n) is 4.01. The van der Waals surface area contributed by atoms with Gasteiger partial charge in [0, 0.05) is 13.2 Å². The fourth-order valence-electron chi connectivity index (χ4n) is 2.86. The molecule has 2 nitrogen and oxygen atoms in total. The molecule has 0 N–H and O–H groups in total. The predicted octanol–water partition coefficient (Wildman–Crippen LogP) is 2.89. The Bertz CT molecular complexity index is 244. The van der Waals surface area contributed by atoms with Gasteiger partial charge in [0.15, 0.2) is 0 Å². The Morgan fingerprint density at radius 2 is 1.86 bits per heavy atom. The zero-order chi connectivity index (χ0) is 10.1. The van der Waals surface area contributed by atoms with E-state index in [0.29, 0.717) is 5.41 Å². The molecule has 2 rings (SSSR count). The van der Waals surface area contributed by atoms with Gasteiger partial charge in [0.05, 0.1) is 11.5 Å². The van der Waals surface area contributed by atoms with Crippen LogP contribution in [0.15, 0.2) is 0 Å². The van der Waals surface area contributed by atoms with Crippen molar-refractivity contribution in [3.63, 3.8) is 0 Å². The Hall–Kier alpha value is -0.550. The number of ether oxygens (including phenoxy) is 1. The molecule has 1 heterocycles. The molecule has 1 saturated heterocycles. The van der Waals surface area contributed by atoms with Gasteiger partial charge in [0.1, 0.15) is 0 Å². The van der Waals surface area contributed by atoms with Crippen molar-refractivity contribution >= 4 is 0 Å². The van der Waals surface area contributed by atoms with Gasteiger partial charge in [-0.3, -0.25) is 0 Å². The van der Waals surface area contributed by atoms with Gasteiger partial charge in [0.2, 0.25) is 0 Å². The summed E-state index contributed by atoms with van der Waals surface area (Å²) in [5, 5.41) is 9.32. The smallest absolute Gasteiger partial charge is 0.0691 e. The molecule has 1 aliphatic heterocycles. The van der Waals surface area contributed by atoms with E-state index >= 15 is 0 Å². The maximum Gasteiger partial charge on any atom is 0.0691 e. The number of hydrogen-bond acceptors (Lipinski definition) is 2. The third kappa shape index (κ3) is 1.79. The summed E-state index contributed by atoms with van der Waals surface area (Å²) in [6.45, 7) is 3.90. The van der Waals surface area contributed by atoms with Gasteiger partial charge in [-0.1, -0.05) is 13.3 Å². The van der Waals surface area contributed by atoms with Crippen molar-refractivity contribution in [2.45, 2.75) is 45.4 Å². The number of nitrogens with zero attached hydrogens (tertiary/aromatic N) is 1. The summed E-state index contributed by atoms with van der Waals surface area (Å²) >= 11 is 0. The van der Waals surface area contributed by atoms with E-state index in [1.165, 1.54) is 19.3 Å². The van der Waals surface area contributed by atoms with E-state index in [9.17, 15) is 5.26 Å². The van der Waals surface area contributed by atoms with E-state index in [1.54, 1.807) is 0 Å². The number of nitriles is 1. The molecule has 0 spiro atoms. The van der Waals surface area contributed by atoms with Crippen LogP contribution in [-0.4, -0.2) is 13.2 Å². The Morgan fingerprint density at radius 3 is 2.29 bits per heavy atom. The normalized spacial score (nSPS) is 28.9. The first-order chi connectivity index (χ1) is 6.68. The highest BCUT2D eigenvalue weighted by Crippen LogP contribution is 2.51. The molecule has 0 atom stereocenters. The van der Waals surface area contributed by atoms with Crippen LogP contribution in [-0.2, 0) is 4.74 Å². The lowest BCUT2D eigenvalue weighted by atomic mass is 9.60. The van der Waals surface area contributed by atoms with E-state index in [4.69, 9.17) is 4.74 Å². The van der Waals surface area contributed by atoms with Crippen LogP contribution in [0.3, 0.4) is 0 Å². The van der Waals surface area contributed by atoms with Crippen molar-refractivity contribution in [1.29, 1.82) is 5.26 Å². The van der Waals surface area contributed by atoms with Gasteiger partial charge in [-0.2, -0.15) is 5.26 Å². The SMILES string of the molecule is CC1(CC2(C#N)CCOCC2)CCC1. The van der Waals surface area contributed by atoms with E-state index < -0.39 is 0 Å². The Morgan fingerprint density at radius 1 is 1.21 bits per heavy atom. The minimum absolute atomic E-state index is 0.0621. The summed E-state index contributed by atoms with van der Waals surface area (Å²) in [6, 6.07) is 2.56. The molecule has 14 heavy (non-hydrogen) atoms. The van der Waals surface area contributed by atoms with Crippen LogP contribution in [0.1, 0.15) is 45.4 Å². The second-order valence-electron chi connectivity index (χ2n) is 5.35. The van der Waals surface area contributed by atoms with Gasteiger partial charge < -0.3 is 4.74 Å². The maximum absolute atomic E-state index is 9.32. The molecule has 0 unspecified atom stereocenters. The van der Waals surface area contributed by atoms with Crippen LogP contribution in [0.5, 0.6) is 0 Å². The average Bonchev–Trinajstić information content (AvgIpc) is 2.17. The molecule has 0 radical (unpaired) electrons. The molecule has 0 aromatic rings. The molecule has 2 aliphatic rings. The molecule has 0 aromatic heterocycles.